The summed E-state index contributed by atoms with van der Waals surface area (Å²) in [6.45, 7) is 3.83. The van der Waals surface area contributed by atoms with Crippen molar-refractivity contribution >= 4 is 11.9 Å². The molecule has 1 heterocycles. The predicted octanol–water partition coefficient (Wildman–Crippen LogP) is 0.747. The maximum atomic E-state index is 11.2. The molecule has 0 amide bonds. The summed E-state index contributed by atoms with van der Waals surface area (Å²) in [6.07, 6.45) is -0.171. The van der Waals surface area contributed by atoms with Gasteiger partial charge in [-0.2, -0.15) is 0 Å². The topological polar surface area (TPSA) is 52.6 Å². The number of carbonyl (C=O) groups excluding carboxylic acids is 2. The molecule has 0 aliphatic carbocycles. The fourth-order valence-corrected chi connectivity index (χ4v) is 1.55. The first kappa shape index (κ1) is 10.0. The summed E-state index contributed by atoms with van der Waals surface area (Å²) in [7, 11) is 1.32. The van der Waals surface area contributed by atoms with Crippen LogP contribution in [-0.2, 0) is 19.1 Å². The first-order chi connectivity index (χ1) is 6.06. The molecule has 4 nitrogen and oxygen atoms in total. The van der Waals surface area contributed by atoms with Crippen LogP contribution in [0, 0.1) is 11.8 Å². The smallest absolute Gasteiger partial charge is 0.313 e. The van der Waals surface area contributed by atoms with E-state index in [0.717, 1.165) is 0 Å². The monoisotopic (exact) mass is 186 g/mol. The van der Waals surface area contributed by atoms with E-state index in [4.69, 9.17) is 4.74 Å². The number of ether oxygens (including phenoxy) is 2. The molecule has 0 unspecified atom stereocenters. The number of hydrogen-bond donors (Lipinski definition) is 0. The van der Waals surface area contributed by atoms with E-state index in [1.165, 1.54) is 7.11 Å². The highest BCUT2D eigenvalue weighted by molar-refractivity contribution is 5.83. The number of esters is 2. The lowest BCUT2D eigenvalue weighted by molar-refractivity contribution is -0.149. The number of carbonyl (C=O) groups is 2. The second kappa shape index (κ2) is 3.77. The molecule has 2 atom stereocenters. The molecule has 0 aromatic rings. The Morgan fingerprint density at radius 2 is 2.23 bits per heavy atom. The molecule has 0 spiro atoms. The van der Waals surface area contributed by atoms with Crippen LogP contribution in [0.25, 0.3) is 0 Å². The van der Waals surface area contributed by atoms with Crippen molar-refractivity contribution in [3.8, 4) is 0 Å². The van der Waals surface area contributed by atoms with E-state index < -0.39 is 5.92 Å². The highest BCUT2D eigenvalue weighted by Gasteiger charge is 2.42. The predicted molar refractivity (Wildman–Crippen MR) is 44.8 cm³/mol. The maximum absolute atomic E-state index is 11.2. The minimum Gasteiger partial charge on any atom is -0.469 e. The Morgan fingerprint density at radius 1 is 1.62 bits per heavy atom. The molecule has 13 heavy (non-hydrogen) atoms. The molecule has 0 saturated carbocycles. The molecule has 1 saturated heterocycles. The number of hydrogen-bond acceptors (Lipinski definition) is 4. The number of cyclic esters (lactones) is 1. The summed E-state index contributed by atoms with van der Waals surface area (Å²) < 4.78 is 9.61. The van der Waals surface area contributed by atoms with Gasteiger partial charge in [-0.15, -0.1) is 0 Å². The van der Waals surface area contributed by atoms with Gasteiger partial charge in [0.05, 0.1) is 13.5 Å². The lowest BCUT2D eigenvalue weighted by Gasteiger charge is -2.18. The minimum atomic E-state index is -0.419. The van der Waals surface area contributed by atoms with E-state index in [1.54, 1.807) is 0 Å². The molecule has 1 aliphatic rings. The summed E-state index contributed by atoms with van der Waals surface area (Å²) in [5.74, 6) is -0.938. The van der Waals surface area contributed by atoms with Gasteiger partial charge in [0.15, 0.2) is 0 Å². The summed E-state index contributed by atoms with van der Waals surface area (Å²) >= 11 is 0. The standard InChI is InChI=1S/C9H14O4/c1-5(2)8-6(9(11)12-3)4-7(10)13-8/h5-6,8H,4H2,1-3H3/t6-,8+/m0/s1. The molecule has 1 rings (SSSR count). The fraction of sp³-hybridized carbons (Fsp3) is 0.778. The van der Waals surface area contributed by atoms with Crippen LogP contribution in [0.15, 0.2) is 0 Å². The largest absolute Gasteiger partial charge is 0.469 e. The summed E-state index contributed by atoms with van der Waals surface area (Å²) in [5, 5.41) is 0. The molecule has 1 aliphatic heterocycles. The zero-order chi connectivity index (χ0) is 10.0. The van der Waals surface area contributed by atoms with Crippen LogP contribution < -0.4 is 0 Å². The highest BCUT2D eigenvalue weighted by atomic mass is 16.6. The van der Waals surface area contributed by atoms with Crippen molar-refractivity contribution in [3.05, 3.63) is 0 Å². The second-order valence-corrected chi connectivity index (χ2v) is 3.53. The van der Waals surface area contributed by atoms with Crippen LogP contribution in [0.1, 0.15) is 20.3 Å². The zero-order valence-corrected chi connectivity index (χ0v) is 8.07. The van der Waals surface area contributed by atoms with E-state index in [2.05, 4.69) is 4.74 Å². The first-order valence-electron chi connectivity index (χ1n) is 4.33. The van der Waals surface area contributed by atoms with E-state index in [9.17, 15) is 9.59 Å². The van der Waals surface area contributed by atoms with Gasteiger partial charge in [-0.25, -0.2) is 0 Å². The van der Waals surface area contributed by atoms with E-state index >= 15 is 0 Å². The Hall–Kier alpha value is -1.06. The summed E-state index contributed by atoms with van der Waals surface area (Å²) in [4.78, 5) is 22.2. The third kappa shape index (κ3) is 1.99. The van der Waals surface area contributed by atoms with Gasteiger partial charge < -0.3 is 9.47 Å². The SMILES string of the molecule is COC(=O)[C@H]1CC(=O)O[C@@H]1C(C)C. The van der Waals surface area contributed by atoms with Crippen LogP contribution in [0.3, 0.4) is 0 Å². The molecule has 0 aromatic heterocycles. The van der Waals surface area contributed by atoms with Crippen LogP contribution in [0.4, 0.5) is 0 Å². The lowest BCUT2D eigenvalue weighted by atomic mass is 9.93. The van der Waals surface area contributed by atoms with Crippen molar-refractivity contribution in [1.29, 1.82) is 0 Å². The zero-order valence-electron chi connectivity index (χ0n) is 8.07. The van der Waals surface area contributed by atoms with Gasteiger partial charge in [-0.05, 0) is 5.92 Å². The van der Waals surface area contributed by atoms with Crippen LogP contribution >= 0.6 is 0 Å². The van der Waals surface area contributed by atoms with Crippen molar-refractivity contribution < 1.29 is 19.1 Å². The average Bonchev–Trinajstić information content (AvgIpc) is 2.46. The van der Waals surface area contributed by atoms with Gasteiger partial charge in [0, 0.05) is 0 Å². The van der Waals surface area contributed by atoms with E-state index in [1.807, 2.05) is 13.8 Å². The molecule has 0 bridgehead atoms. The van der Waals surface area contributed by atoms with E-state index in [0.29, 0.717) is 0 Å². The van der Waals surface area contributed by atoms with Crippen molar-refractivity contribution in [2.75, 3.05) is 7.11 Å². The van der Waals surface area contributed by atoms with Crippen LogP contribution in [-0.4, -0.2) is 25.2 Å². The van der Waals surface area contributed by atoms with Crippen LogP contribution in [0.2, 0.25) is 0 Å². The number of methoxy groups -OCH3 is 1. The van der Waals surface area contributed by atoms with Gasteiger partial charge in [-0.3, -0.25) is 9.59 Å². The molecule has 0 aromatic carbocycles. The fourth-order valence-electron chi connectivity index (χ4n) is 1.55. The van der Waals surface area contributed by atoms with Gasteiger partial charge >= 0.3 is 11.9 Å². The minimum absolute atomic E-state index is 0.148. The Labute approximate surface area is 77.2 Å². The molecule has 4 heteroatoms. The molecular formula is C9H14O4. The third-order valence-corrected chi connectivity index (χ3v) is 2.21. The van der Waals surface area contributed by atoms with Gasteiger partial charge in [0.1, 0.15) is 12.0 Å². The van der Waals surface area contributed by atoms with Crippen molar-refractivity contribution in [1.82, 2.24) is 0 Å². The van der Waals surface area contributed by atoms with Crippen LogP contribution in [0.5, 0.6) is 0 Å². The molecular weight excluding hydrogens is 172 g/mol. The Kier molecular flexibility index (Phi) is 2.90. The van der Waals surface area contributed by atoms with E-state index in [-0.39, 0.29) is 30.4 Å². The molecule has 0 radical (unpaired) electrons. The maximum Gasteiger partial charge on any atom is 0.313 e. The van der Waals surface area contributed by atoms with Crippen molar-refractivity contribution in [2.24, 2.45) is 11.8 Å². The van der Waals surface area contributed by atoms with Gasteiger partial charge in [0.2, 0.25) is 0 Å². The van der Waals surface area contributed by atoms with Crippen molar-refractivity contribution in [2.45, 2.75) is 26.4 Å². The van der Waals surface area contributed by atoms with Crippen molar-refractivity contribution in [3.63, 3.8) is 0 Å². The molecule has 0 N–H and O–H groups in total. The normalized spacial score (nSPS) is 27.5. The van der Waals surface area contributed by atoms with Gasteiger partial charge in [-0.1, -0.05) is 13.8 Å². The molecule has 74 valence electrons. The second-order valence-electron chi connectivity index (χ2n) is 3.53. The molecule has 1 fully saturated rings. The van der Waals surface area contributed by atoms with Gasteiger partial charge in [0.25, 0.3) is 0 Å². The third-order valence-electron chi connectivity index (χ3n) is 2.21. The number of rotatable bonds is 2. The Bertz CT molecular complexity index is 222. The quantitative estimate of drug-likeness (QED) is 0.597. The average molecular weight is 186 g/mol. The summed E-state index contributed by atoms with van der Waals surface area (Å²) in [5.41, 5.74) is 0. The first-order valence-corrected chi connectivity index (χ1v) is 4.33. The Balaban J connectivity index is 2.71. The summed E-state index contributed by atoms with van der Waals surface area (Å²) in [6, 6.07) is 0. The lowest BCUT2D eigenvalue weighted by Crippen LogP contribution is -2.29. The highest BCUT2D eigenvalue weighted by Crippen LogP contribution is 2.28. The Morgan fingerprint density at radius 3 is 2.69 bits per heavy atom.